The van der Waals surface area contributed by atoms with Gasteiger partial charge in [0.15, 0.2) is 11.6 Å². The first-order valence-electron chi connectivity index (χ1n) is 19.0. The Balaban J connectivity index is 1.20. The van der Waals surface area contributed by atoms with Crippen molar-refractivity contribution < 1.29 is 0 Å². The summed E-state index contributed by atoms with van der Waals surface area (Å²) in [6, 6.07) is 73.4. The van der Waals surface area contributed by atoms with Crippen molar-refractivity contribution in [2.24, 2.45) is 0 Å². The van der Waals surface area contributed by atoms with E-state index in [9.17, 15) is 0 Å². The lowest BCUT2D eigenvalue weighted by atomic mass is 9.67. The molecule has 0 bridgehead atoms. The van der Waals surface area contributed by atoms with Gasteiger partial charge in [0.25, 0.3) is 0 Å². The van der Waals surface area contributed by atoms with Crippen LogP contribution in [0.3, 0.4) is 0 Å². The van der Waals surface area contributed by atoms with Crippen molar-refractivity contribution in [3.63, 3.8) is 0 Å². The third-order valence-corrected chi connectivity index (χ3v) is 11.4. The van der Waals surface area contributed by atoms with Gasteiger partial charge in [-0.1, -0.05) is 188 Å². The third-order valence-electron chi connectivity index (χ3n) is 11.4. The highest BCUT2D eigenvalue weighted by Gasteiger charge is 2.46. The smallest absolute Gasteiger partial charge is 0.238 e. The van der Waals surface area contributed by atoms with Gasteiger partial charge in [-0.05, 0) is 62.7 Å². The van der Waals surface area contributed by atoms with E-state index >= 15 is 0 Å². The molecule has 0 amide bonds. The Morgan fingerprint density at radius 1 is 0.339 bits per heavy atom. The van der Waals surface area contributed by atoms with Crippen LogP contribution < -0.4 is 0 Å². The minimum absolute atomic E-state index is 0.538. The van der Waals surface area contributed by atoms with E-state index in [-0.39, 0.29) is 0 Å². The van der Waals surface area contributed by atoms with Crippen molar-refractivity contribution in [2.75, 3.05) is 0 Å². The average molecular weight is 715 g/mol. The maximum atomic E-state index is 5.30. The predicted octanol–water partition coefficient (Wildman–Crippen LogP) is 12.3. The van der Waals surface area contributed by atoms with Gasteiger partial charge in [0.2, 0.25) is 5.95 Å². The number of hydrogen-bond donors (Lipinski definition) is 0. The molecule has 0 fully saturated rings. The van der Waals surface area contributed by atoms with Gasteiger partial charge in [-0.2, -0.15) is 9.97 Å². The van der Waals surface area contributed by atoms with E-state index in [1.54, 1.807) is 0 Å². The molecule has 0 radical (unpaired) electrons. The van der Waals surface area contributed by atoms with Crippen molar-refractivity contribution in [3.05, 3.63) is 229 Å². The Bertz CT molecular complexity index is 3010. The van der Waals surface area contributed by atoms with E-state index < -0.39 is 5.41 Å². The normalized spacial score (nSPS) is 12.8. The van der Waals surface area contributed by atoms with Crippen LogP contribution in [-0.4, -0.2) is 19.5 Å². The maximum absolute atomic E-state index is 5.30. The van der Waals surface area contributed by atoms with Gasteiger partial charge < -0.3 is 0 Å². The Morgan fingerprint density at radius 3 is 1.50 bits per heavy atom. The van der Waals surface area contributed by atoms with Crippen LogP contribution in [0.5, 0.6) is 0 Å². The molecule has 1 aliphatic rings. The molecule has 0 atom stereocenters. The lowest BCUT2D eigenvalue weighted by molar-refractivity contribution is 0.769. The highest BCUT2D eigenvalue weighted by atomic mass is 15.2. The standard InChI is InChI=1S/C52H34N4/c1-5-17-35(18-6-1)36-29-31-38(32-30-36)50-53-49(37-19-7-2-8-20-37)54-51(55-50)56-47-28-16-14-26-42(47)44-33-43-41-25-13-15-27-45(41)52(46(43)34-48(44)56,39-21-9-3-10-22-39)40-23-11-4-12-24-40/h1-34H. The molecular formula is C52H34N4. The summed E-state index contributed by atoms with van der Waals surface area (Å²) in [5.41, 5.74) is 13.2. The summed E-state index contributed by atoms with van der Waals surface area (Å²) in [5.74, 6) is 1.82. The summed E-state index contributed by atoms with van der Waals surface area (Å²) in [7, 11) is 0. The monoisotopic (exact) mass is 714 g/mol. The second-order valence-corrected chi connectivity index (χ2v) is 14.4. The molecular weight excluding hydrogens is 681 g/mol. The van der Waals surface area contributed by atoms with Gasteiger partial charge in [-0.25, -0.2) is 4.98 Å². The van der Waals surface area contributed by atoms with E-state index in [1.807, 2.05) is 24.3 Å². The molecule has 0 N–H and O–H groups in total. The van der Waals surface area contributed by atoms with Crippen LogP contribution in [0.1, 0.15) is 22.3 Å². The van der Waals surface area contributed by atoms with Crippen molar-refractivity contribution in [1.82, 2.24) is 19.5 Å². The molecule has 4 heteroatoms. The lowest BCUT2D eigenvalue weighted by Crippen LogP contribution is -2.28. The zero-order chi connectivity index (χ0) is 37.1. The molecule has 2 heterocycles. The topological polar surface area (TPSA) is 43.6 Å². The van der Waals surface area contributed by atoms with Crippen LogP contribution in [0.25, 0.3) is 72.8 Å². The second-order valence-electron chi connectivity index (χ2n) is 14.4. The second kappa shape index (κ2) is 12.9. The zero-order valence-electron chi connectivity index (χ0n) is 30.4. The first kappa shape index (κ1) is 32.0. The van der Waals surface area contributed by atoms with E-state index in [1.165, 1.54) is 38.9 Å². The first-order chi connectivity index (χ1) is 27.8. The highest BCUT2D eigenvalue weighted by molar-refractivity contribution is 6.12. The molecule has 0 spiro atoms. The Morgan fingerprint density at radius 2 is 0.839 bits per heavy atom. The molecule has 0 saturated carbocycles. The third kappa shape index (κ3) is 4.89. The summed E-state index contributed by atoms with van der Waals surface area (Å²) in [6.07, 6.45) is 0. The van der Waals surface area contributed by atoms with Crippen LogP contribution >= 0.6 is 0 Å². The average Bonchev–Trinajstić information content (AvgIpc) is 3.76. The van der Waals surface area contributed by atoms with Crippen molar-refractivity contribution in [1.29, 1.82) is 0 Å². The molecule has 0 saturated heterocycles. The number of benzene rings is 8. The van der Waals surface area contributed by atoms with Gasteiger partial charge in [-0.15, -0.1) is 0 Å². The largest absolute Gasteiger partial charge is 0.278 e. The highest BCUT2D eigenvalue weighted by Crippen LogP contribution is 2.57. The zero-order valence-corrected chi connectivity index (χ0v) is 30.4. The molecule has 2 aromatic heterocycles. The van der Waals surface area contributed by atoms with Crippen LogP contribution in [0.2, 0.25) is 0 Å². The molecule has 10 aromatic rings. The minimum Gasteiger partial charge on any atom is -0.278 e. The van der Waals surface area contributed by atoms with E-state index in [0.29, 0.717) is 17.6 Å². The van der Waals surface area contributed by atoms with E-state index in [4.69, 9.17) is 15.0 Å². The summed E-state index contributed by atoms with van der Waals surface area (Å²) < 4.78 is 2.24. The van der Waals surface area contributed by atoms with Crippen LogP contribution in [0, 0.1) is 0 Å². The quantitative estimate of drug-likeness (QED) is 0.172. The van der Waals surface area contributed by atoms with Gasteiger partial charge in [-0.3, -0.25) is 4.57 Å². The molecule has 11 rings (SSSR count). The Labute approximate surface area is 325 Å². The molecule has 8 aromatic carbocycles. The van der Waals surface area contributed by atoms with Gasteiger partial charge in [0, 0.05) is 21.9 Å². The van der Waals surface area contributed by atoms with Crippen LogP contribution in [0.4, 0.5) is 0 Å². The SMILES string of the molecule is c1ccc(-c2ccc(-c3nc(-c4ccccc4)nc(-n4c5ccccc5c5cc6c(cc54)C(c4ccccc4)(c4ccccc4)c4ccccc4-6)n3)cc2)cc1. The van der Waals surface area contributed by atoms with Gasteiger partial charge in [0.05, 0.1) is 16.4 Å². The minimum atomic E-state index is -0.538. The summed E-state index contributed by atoms with van der Waals surface area (Å²) in [4.78, 5) is 15.7. The predicted molar refractivity (Wildman–Crippen MR) is 228 cm³/mol. The number of fused-ring (bicyclic) bond motifs is 6. The number of nitrogens with zero attached hydrogens (tertiary/aromatic N) is 4. The van der Waals surface area contributed by atoms with Crippen molar-refractivity contribution in [3.8, 4) is 51.0 Å². The van der Waals surface area contributed by atoms with E-state index in [0.717, 1.165) is 38.5 Å². The fourth-order valence-electron chi connectivity index (χ4n) is 8.87. The number of rotatable bonds is 6. The number of para-hydroxylation sites is 1. The molecule has 4 nitrogen and oxygen atoms in total. The van der Waals surface area contributed by atoms with Crippen LogP contribution in [-0.2, 0) is 5.41 Å². The van der Waals surface area contributed by atoms with E-state index in [2.05, 4.69) is 187 Å². The molecule has 0 unspecified atom stereocenters. The van der Waals surface area contributed by atoms with Crippen molar-refractivity contribution in [2.45, 2.75) is 5.41 Å². The molecule has 1 aliphatic carbocycles. The molecule has 56 heavy (non-hydrogen) atoms. The summed E-state index contributed by atoms with van der Waals surface area (Å²) in [6.45, 7) is 0. The number of hydrogen-bond acceptors (Lipinski definition) is 3. The Hall–Kier alpha value is -7.43. The maximum Gasteiger partial charge on any atom is 0.238 e. The van der Waals surface area contributed by atoms with Gasteiger partial charge in [0.1, 0.15) is 0 Å². The molecule has 262 valence electrons. The lowest BCUT2D eigenvalue weighted by Gasteiger charge is -2.34. The van der Waals surface area contributed by atoms with Crippen molar-refractivity contribution >= 4 is 21.8 Å². The fraction of sp³-hybridized carbons (Fsp3) is 0.0192. The molecule has 0 aliphatic heterocycles. The summed E-state index contributed by atoms with van der Waals surface area (Å²) in [5, 5.41) is 2.30. The number of aromatic nitrogens is 4. The first-order valence-corrected chi connectivity index (χ1v) is 19.0. The fourth-order valence-corrected chi connectivity index (χ4v) is 8.87. The van der Waals surface area contributed by atoms with Gasteiger partial charge >= 0.3 is 0 Å². The Kier molecular flexibility index (Phi) is 7.36. The van der Waals surface area contributed by atoms with Crippen LogP contribution in [0.15, 0.2) is 206 Å². The summed E-state index contributed by atoms with van der Waals surface area (Å²) >= 11 is 0.